The minimum absolute atomic E-state index is 0.367. The van der Waals surface area contributed by atoms with E-state index in [-0.39, 0.29) is 12.1 Å². The van der Waals surface area contributed by atoms with Gasteiger partial charge in [0.15, 0.2) is 0 Å². The van der Waals surface area contributed by atoms with E-state index in [1.165, 1.54) is 0 Å². The summed E-state index contributed by atoms with van der Waals surface area (Å²) >= 11 is 0. The summed E-state index contributed by atoms with van der Waals surface area (Å²) in [6.45, 7) is 0. The summed E-state index contributed by atoms with van der Waals surface area (Å²) in [5, 5.41) is 11.2. The molecule has 0 radical (unpaired) electrons. The number of ether oxygens (including phenoxy) is 2. The molecule has 0 aliphatic rings. The summed E-state index contributed by atoms with van der Waals surface area (Å²) in [5.74, 6) is 1.16. The standard InChI is InChI=1S/C28H26N4O4/c1-35-25-9-5-3-7-23(25)31-27(33)29-21-15-11-19(12-16-21)20-13-17-22(18-14-20)30-28(34)32-24-8-4-6-10-26(24)36-2/h3-18H,1-2H3,(H2,29,31,33)(H2,30,32,34). The van der Waals surface area contributed by atoms with Gasteiger partial charge in [0.05, 0.1) is 25.6 Å². The van der Waals surface area contributed by atoms with Gasteiger partial charge in [0, 0.05) is 11.4 Å². The van der Waals surface area contributed by atoms with Gasteiger partial charge < -0.3 is 30.7 Å². The first-order chi connectivity index (χ1) is 17.6. The second kappa shape index (κ2) is 11.4. The van der Waals surface area contributed by atoms with Gasteiger partial charge in [-0.25, -0.2) is 9.59 Å². The lowest BCUT2D eigenvalue weighted by Gasteiger charge is -2.12. The van der Waals surface area contributed by atoms with Gasteiger partial charge in [-0.15, -0.1) is 0 Å². The molecular weight excluding hydrogens is 456 g/mol. The summed E-state index contributed by atoms with van der Waals surface area (Å²) in [4.78, 5) is 24.7. The Morgan fingerprint density at radius 3 is 1.22 bits per heavy atom. The van der Waals surface area contributed by atoms with Crippen molar-refractivity contribution in [3.63, 3.8) is 0 Å². The smallest absolute Gasteiger partial charge is 0.323 e. The molecule has 4 rings (SSSR count). The quantitative estimate of drug-likeness (QED) is 0.237. The Kier molecular flexibility index (Phi) is 7.67. The van der Waals surface area contributed by atoms with Gasteiger partial charge in [-0.1, -0.05) is 48.5 Å². The number of benzene rings is 4. The number of carbonyl (C=O) groups excluding carboxylic acids is 2. The van der Waals surface area contributed by atoms with E-state index in [0.717, 1.165) is 11.1 Å². The first-order valence-corrected chi connectivity index (χ1v) is 11.2. The van der Waals surface area contributed by atoms with E-state index in [1.54, 1.807) is 38.5 Å². The second-order valence-electron chi connectivity index (χ2n) is 7.71. The topological polar surface area (TPSA) is 101 Å². The fraction of sp³-hybridized carbons (Fsp3) is 0.0714. The molecule has 0 unspecified atom stereocenters. The van der Waals surface area contributed by atoms with Gasteiger partial charge in [0.1, 0.15) is 11.5 Å². The molecule has 36 heavy (non-hydrogen) atoms. The van der Waals surface area contributed by atoms with Gasteiger partial charge in [-0.2, -0.15) is 0 Å². The first-order valence-electron chi connectivity index (χ1n) is 11.2. The van der Waals surface area contributed by atoms with Gasteiger partial charge in [-0.05, 0) is 59.7 Å². The maximum absolute atomic E-state index is 12.4. The van der Waals surface area contributed by atoms with Crippen molar-refractivity contribution < 1.29 is 19.1 Å². The Bertz CT molecular complexity index is 1230. The van der Waals surface area contributed by atoms with Crippen LogP contribution in [-0.2, 0) is 0 Å². The van der Waals surface area contributed by atoms with Gasteiger partial charge in [0.25, 0.3) is 0 Å². The van der Waals surface area contributed by atoms with Crippen LogP contribution in [0.1, 0.15) is 0 Å². The van der Waals surface area contributed by atoms with E-state index in [4.69, 9.17) is 9.47 Å². The van der Waals surface area contributed by atoms with Crippen LogP contribution in [0.2, 0.25) is 0 Å². The number of carbonyl (C=O) groups is 2. The summed E-state index contributed by atoms with van der Waals surface area (Å²) < 4.78 is 10.5. The number of hydrogen-bond acceptors (Lipinski definition) is 4. The minimum atomic E-state index is -0.367. The zero-order chi connectivity index (χ0) is 25.3. The van der Waals surface area contributed by atoms with Crippen molar-refractivity contribution in [3.8, 4) is 22.6 Å². The van der Waals surface area contributed by atoms with E-state index in [1.807, 2.05) is 72.8 Å². The number of rotatable bonds is 7. The Morgan fingerprint density at radius 2 is 0.861 bits per heavy atom. The Labute approximate surface area is 209 Å². The Hall–Kier alpha value is -4.98. The van der Waals surface area contributed by atoms with Crippen molar-refractivity contribution in [2.45, 2.75) is 0 Å². The minimum Gasteiger partial charge on any atom is -0.495 e. The van der Waals surface area contributed by atoms with Crippen molar-refractivity contribution in [1.29, 1.82) is 0 Å². The van der Waals surface area contributed by atoms with Crippen LogP contribution in [0.25, 0.3) is 11.1 Å². The summed E-state index contributed by atoms with van der Waals surface area (Å²) in [6.07, 6.45) is 0. The number of urea groups is 2. The van der Waals surface area contributed by atoms with E-state index >= 15 is 0 Å². The summed E-state index contributed by atoms with van der Waals surface area (Å²) in [5.41, 5.74) is 4.40. The van der Waals surface area contributed by atoms with Gasteiger partial charge in [-0.3, -0.25) is 0 Å². The molecule has 0 heterocycles. The lowest BCUT2D eigenvalue weighted by molar-refractivity contribution is 0.261. The largest absolute Gasteiger partial charge is 0.495 e. The molecule has 4 amide bonds. The van der Waals surface area contributed by atoms with E-state index in [2.05, 4.69) is 21.3 Å². The molecule has 0 spiro atoms. The molecule has 0 saturated heterocycles. The van der Waals surface area contributed by atoms with Crippen LogP contribution >= 0.6 is 0 Å². The fourth-order valence-corrected chi connectivity index (χ4v) is 3.56. The molecule has 4 aromatic carbocycles. The zero-order valence-electron chi connectivity index (χ0n) is 19.9. The third kappa shape index (κ3) is 6.12. The number of amides is 4. The van der Waals surface area contributed by atoms with Crippen LogP contribution < -0.4 is 30.7 Å². The van der Waals surface area contributed by atoms with Crippen LogP contribution in [0.4, 0.5) is 32.3 Å². The molecule has 4 aromatic rings. The molecule has 0 fully saturated rings. The van der Waals surface area contributed by atoms with Gasteiger partial charge in [0.2, 0.25) is 0 Å². The zero-order valence-corrected chi connectivity index (χ0v) is 19.9. The van der Waals surface area contributed by atoms with Crippen molar-refractivity contribution in [2.75, 3.05) is 35.5 Å². The average molecular weight is 483 g/mol. The van der Waals surface area contributed by atoms with Crippen molar-refractivity contribution >= 4 is 34.8 Å². The lowest BCUT2D eigenvalue weighted by Crippen LogP contribution is -2.19. The van der Waals surface area contributed by atoms with Gasteiger partial charge >= 0.3 is 12.1 Å². The molecule has 0 aliphatic carbocycles. The third-order valence-corrected chi connectivity index (χ3v) is 5.33. The molecule has 0 atom stereocenters. The molecule has 4 N–H and O–H groups in total. The predicted octanol–water partition coefficient (Wildman–Crippen LogP) is 6.66. The van der Waals surface area contributed by atoms with Crippen LogP contribution in [-0.4, -0.2) is 26.3 Å². The molecule has 8 nitrogen and oxygen atoms in total. The highest BCUT2D eigenvalue weighted by molar-refractivity contribution is 6.01. The summed E-state index contributed by atoms with van der Waals surface area (Å²) in [6, 6.07) is 28.6. The second-order valence-corrected chi connectivity index (χ2v) is 7.71. The molecule has 0 aromatic heterocycles. The third-order valence-electron chi connectivity index (χ3n) is 5.33. The van der Waals surface area contributed by atoms with E-state index in [0.29, 0.717) is 34.2 Å². The molecule has 0 bridgehead atoms. The fourth-order valence-electron chi connectivity index (χ4n) is 3.56. The Morgan fingerprint density at radius 1 is 0.500 bits per heavy atom. The van der Waals surface area contributed by atoms with Crippen molar-refractivity contribution in [1.82, 2.24) is 0 Å². The number of methoxy groups -OCH3 is 2. The lowest BCUT2D eigenvalue weighted by atomic mass is 10.1. The highest BCUT2D eigenvalue weighted by Gasteiger charge is 2.09. The maximum Gasteiger partial charge on any atom is 0.323 e. The number of nitrogens with one attached hydrogen (secondary N) is 4. The van der Waals surface area contributed by atoms with Crippen LogP contribution in [0.5, 0.6) is 11.5 Å². The number of hydrogen-bond donors (Lipinski definition) is 4. The monoisotopic (exact) mass is 482 g/mol. The highest BCUT2D eigenvalue weighted by Crippen LogP contribution is 2.26. The SMILES string of the molecule is COc1ccccc1NC(=O)Nc1ccc(-c2ccc(NC(=O)Nc3ccccc3OC)cc2)cc1. The molecule has 182 valence electrons. The molecule has 0 saturated carbocycles. The molecule has 0 aliphatic heterocycles. The number of para-hydroxylation sites is 4. The van der Waals surface area contributed by atoms with Crippen LogP contribution in [0.15, 0.2) is 97.1 Å². The van der Waals surface area contributed by atoms with Crippen LogP contribution in [0, 0.1) is 0 Å². The number of anilines is 4. The maximum atomic E-state index is 12.4. The summed E-state index contributed by atoms with van der Waals surface area (Å²) in [7, 11) is 3.10. The molecular formula is C28H26N4O4. The van der Waals surface area contributed by atoms with Crippen molar-refractivity contribution in [2.24, 2.45) is 0 Å². The van der Waals surface area contributed by atoms with Crippen LogP contribution in [0.3, 0.4) is 0 Å². The molecule has 8 heteroatoms. The highest BCUT2D eigenvalue weighted by atomic mass is 16.5. The predicted molar refractivity (Wildman–Crippen MR) is 143 cm³/mol. The van der Waals surface area contributed by atoms with E-state index < -0.39 is 0 Å². The first kappa shape index (κ1) is 24.2. The van der Waals surface area contributed by atoms with Crippen molar-refractivity contribution in [3.05, 3.63) is 97.1 Å². The van der Waals surface area contributed by atoms with E-state index in [9.17, 15) is 9.59 Å². The average Bonchev–Trinajstić information content (AvgIpc) is 2.90. The normalized spacial score (nSPS) is 10.2. The Balaban J connectivity index is 1.34.